The third kappa shape index (κ3) is 2.67. The molecule has 0 bridgehead atoms. The Hall–Kier alpha value is -4.39. The van der Waals surface area contributed by atoms with Gasteiger partial charge in [0.05, 0.1) is 12.2 Å². The smallest absolute Gasteiger partial charge is 0.332 e. The first-order chi connectivity index (χ1) is 16.7. The molecule has 0 saturated carbocycles. The molecule has 1 atom stereocenters. The van der Waals surface area contributed by atoms with Crippen LogP contribution in [0, 0.1) is 0 Å². The number of aromatic hydroxyl groups is 1. The zero-order chi connectivity index (χ0) is 22.8. The van der Waals surface area contributed by atoms with Gasteiger partial charge in [0.1, 0.15) is 6.04 Å². The van der Waals surface area contributed by atoms with E-state index in [-0.39, 0.29) is 18.4 Å². The summed E-state index contributed by atoms with van der Waals surface area (Å²) in [6, 6.07) is 23.1. The number of fused-ring (bicyclic) bond motifs is 5. The topological polar surface area (TPSA) is 81.4 Å². The molecule has 168 valence electrons. The van der Waals surface area contributed by atoms with Crippen LogP contribution >= 0.6 is 0 Å². The summed E-state index contributed by atoms with van der Waals surface area (Å²) < 4.78 is 14.3. The van der Waals surface area contributed by atoms with Crippen molar-refractivity contribution in [3.63, 3.8) is 0 Å². The van der Waals surface area contributed by atoms with E-state index in [2.05, 4.69) is 11.1 Å². The zero-order valence-electron chi connectivity index (χ0n) is 18.2. The quantitative estimate of drug-likeness (QED) is 0.424. The Balaban J connectivity index is 1.47. The molecule has 0 unspecified atom stereocenters. The monoisotopic (exact) mass is 451 g/mol. The molecule has 2 aliphatic heterocycles. The van der Waals surface area contributed by atoms with Gasteiger partial charge in [0.25, 0.3) is 0 Å². The Kier molecular flexibility index (Phi) is 3.96. The minimum atomic E-state index is -0.434. The van der Waals surface area contributed by atoms with E-state index in [0.29, 0.717) is 30.2 Å². The summed E-state index contributed by atoms with van der Waals surface area (Å²) in [5, 5.41) is 12.4. The fourth-order valence-corrected chi connectivity index (χ4v) is 5.28. The van der Waals surface area contributed by atoms with Crippen molar-refractivity contribution in [1.82, 2.24) is 14.1 Å². The number of hydrogen-bond donors (Lipinski definition) is 2. The van der Waals surface area contributed by atoms with E-state index >= 15 is 0 Å². The number of ether oxygens (including phenoxy) is 2. The van der Waals surface area contributed by atoms with Crippen molar-refractivity contribution in [2.75, 3.05) is 6.79 Å². The standard InChI is InChI=1S/C27H21N3O4/c31-26-21-13-19-18-8-4-5-9-20(18)28-24(19)25(17-10-11-22-23(12-17)34-15-33-22)30(21)27(32)29(26)14-16-6-2-1-3-7-16/h1-12,25,28,31H,13-15H2/t25-/m1/s1. The molecular weight excluding hydrogens is 430 g/mol. The second-order valence-electron chi connectivity index (χ2n) is 8.75. The number of imidazole rings is 1. The van der Waals surface area contributed by atoms with Crippen LogP contribution < -0.4 is 15.2 Å². The summed E-state index contributed by atoms with van der Waals surface area (Å²) in [6.07, 6.45) is 0.462. The van der Waals surface area contributed by atoms with Crippen LogP contribution in [0.4, 0.5) is 0 Å². The van der Waals surface area contributed by atoms with E-state index in [1.807, 2.05) is 66.7 Å². The average Bonchev–Trinajstić information content (AvgIpc) is 3.55. The van der Waals surface area contributed by atoms with Crippen molar-refractivity contribution < 1.29 is 14.6 Å². The maximum Gasteiger partial charge on any atom is 0.332 e. The highest BCUT2D eigenvalue weighted by atomic mass is 16.7. The lowest BCUT2D eigenvalue weighted by Crippen LogP contribution is -2.32. The van der Waals surface area contributed by atoms with Crippen molar-refractivity contribution in [2.45, 2.75) is 19.0 Å². The fourth-order valence-electron chi connectivity index (χ4n) is 5.28. The van der Waals surface area contributed by atoms with Crippen molar-refractivity contribution >= 4 is 10.9 Å². The van der Waals surface area contributed by atoms with Gasteiger partial charge >= 0.3 is 5.69 Å². The largest absolute Gasteiger partial charge is 0.493 e. The molecule has 0 aliphatic carbocycles. The van der Waals surface area contributed by atoms with E-state index in [1.165, 1.54) is 4.57 Å². The Morgan fingerprint density at radius 3 is 2.65 bits per heavy atom. The SMILES string of the molecule is O=c1n(Cc2ccccc2)c(O)c2n1[C@H](c1ccc3c(c1)OCO3)c1[nH]c3ccccc3c1C2. The summed E-state index contributed by atoms with van der Waals surface area (Å²) >= 11 is 0. The van der Waals surface area contributed by atoms with Gasteiger partial charge in [-0.1, -0.05) is 54.6 Å². The lowest BCUT2D eigenvalue weighted by atomic mass is 9.92. The summed E-state index contributed by atoms with van der Waals surface area (Å²) in [4.78, 5) is 17.3. The number of rotatable bonds is 3. The minimum absolute atomic E-state index is 0.00975. The summed E-state index contributed by atoms with van der Waals surface area (Å²) in [5.74, 6) is 1.35. The van der Waals surface area contributed by atoms with Crippen LogP contribution in [-0.2, 0) is 13.0 Å². The molecule has 34 heavy (non-hydrogen) atoms. The number of hydrogen-bond acceptors (Lipinski definition) is 4. The van der Waals surface area contributed by atoms with Gasteiger partial charge < -0.3 is 19.6 Å². The molecule has 7 rings (SSSR count). The number of benzene rings is 3. The highest BCUT2D eigenvalue weighted by molar-refractivity contribution is 5.86. The number of nitrogens with one attached hydrogen (secondary N) is 1. The Morgan fingerprint density at radius 1 is 0.971 bits per heavy atom. The zero-order valence-corrected chi connectivity index (χ0v) is 18.2. The van der Waals surface area contributed by atoms with Gasteiger partial charge in [0.2, 0.25) is 12.7 Å². The highest BCUT2D eigenvalue weighted by Gasteiger charge is 2.36. The van der Waals surface area contributed by atoms with Crippen molar-refractivity contribution in [3.8, 4) is 17.4 Å². The van der Waals surface area contributed by atoms with Gasteiger partial charge in [-0.25, -0.2) is 4.79 Å². The van der Waals surface area contributed by atoms with Crippen LogP contribution in [0.2, 0.25) is 0 Å². The molecule has 5 aromatic rings. The first kappa shape index (κ1) is 19.1. The van der Waals surface area contributed by atoms with Crippen molar-refractivity contribution in [1.29, 1.82) is 0 Å². The predicted molar refractivity (Wildman–Crippen MR) is 127 cm³/mol. The van der Waals surface area contributed by atoms with Gasteiger partial charge in [-0.3, -0.25) is 9.13 Å². The Bertz CT molecular complexity index is 1630. The molecule has 2 N–H and O–H groups in total. The first-order valence-corrected chi connectivity index (χ1v) is 11.2. The van der Waals surface area contributed by atoms with Crippen LogP contribution in [0.15, 0.2) is 77.6 Å². The number of aromatic amines is 1. The molecule has 7 nitrogen and oxygen atoms in total. The normalized spacial score (nSPS) is 15.9. The van der Waals surface area contributed by atoms with Crippen LogP contribution in [0.25, 0.3) is 10.9 Å². The van der Waals surface area contributed by atoms with E-state index in [9.17, 15) is 9.90 Å². The molecule has 3 aromatic carbocycles. The molecular formula is C27H21N3O4. The number of para-hydroxylation sites is 1. The Morgan fingerprint density at radius 2 is 1.76 bits per heavy atom. The molecule has 4 heterocycles. The minimum Gasteiger partial charge on any atom is -0.493 e. The molecule has 2 aliphatic rings. The Labute approximate surface area is 194 Å². The average molecular weight is 451 g/mol. The van der Waals surface area contributed by atoms with Crippen LogP contribution in [0.3, 0.4) is 0 Å². The van der Waals surface area contributed by atoms with Crippen LogP contribution in [-0.4, -0.2) is 26.0 Å². The molecule has 7 heteroatoms. The van der Waals surface area contributed by atoms with Gasteiger partial charge in [-0.2, -0.15) is 0 Å². The molecule has 2 aromatic heterocycles. The number of aromatic nitrogens is 3. The second kappa shape index (κ2) is 7.05. The van der Waals surface area contributed by atoms with Gasteiger partial charge in [-0.15, -0.1) is 0 Å². The van der Waals surface area contributed by atoms with Crippen molar-refractivity contribution in [3.05, 3.63) is 111 Å². The molecule has 0 fully saturated rings. The summed E-state index contributed by atoms with van der Waals surface area (Å²) in [5.41, 5.74) is 5.25. The molecule has 0 saturated heterocycles. The van der Waals surface area contributed by atoms with Gasteiger partial charge in [-0.05, 0) is 34.9 Å². The van der Waals surface area contributed by atoms with E-state index < -0.39 is 6.04 Å². The lowest BCUT2D eigenvalue weighted by molar-refractivity contribution is 0.174. The summed E-state index contributed by atoms with van der Waals surface area (Å²) in [6.45, 7) is 0.481. The number of H-pyrrole nitrogens is 1. The molecule has 0 radical (unpaired) electrons. The highest BCUT2D eigenvalue weighted by Crippen LogP contribution is 2.43. The van der Waals surface area contributed by atoms with E-state index in [1.54, 1.807) is 4.57 Å². The molecule has 0 spiro atoms. The summed E-state index contributed by atoms with van der Waals surface area (Å²) in [7, 11) is 0. The van der Waals surface area contributed by atoms with Crippen LogP contribution in [0.5, 0.6) is 17.4 Å². The van der Waals surface area contributed by atoms with Crippen LogP contribution in [0.1, 0.15) is 34.1 Å². The maximum absolute atomic E-state index is 13.8. The second-order valence-corrected chi connectivity index (χ2v) is 8.75. The first-order valence-electron chi connectivity index (χ1n) is 11.2. The van der Waals surface area contributed by atoms with Gasteiger partial charge in [0.15, 0.2) is 11.5 Å². The van der Waals surface area contributed by atoms with Crippen molar-refractivity contribution in [2.24, 2.45) is 0 Å². The molecule has 0 amide bonds. The van der Waals surface area contributed by atoms with Gasteiger partial charge in [0, 0.05) is 23.0 Å². The third-order valence-corrected chi connectivity index (χ3v) is 6.86. The predicted octanol–water partition coefficient (Wildman–Crippen LogP) is 4.16. The fraction of sp³-hybridized carbons (Fsp3) is 0.148. The lowest BCUT2D eigenvalue weighted by Gasteiger charge is -2.26. The number of nitrogens with zero attached hydrogens (tertiary/aromatic N) is 2. The van der Waals surface area contributed by atoms with E-state index in [4.69, 9.17) is 9.47 Å². The maximum atomic E-state index is 13.8. The third-order valence-electron chi connectivity index (χ3n) is 6.86. The van der Waals surface area contributed by atoms with E-state index in [0.717, 1.165) is 33.3 Å².